The highest BCUT2D eigenvalue weighted by molar-refractivity contribution is 5.81. The van der Waals surface area contributed by atoms with Gasteiger partial charge in [0, 0.05) is 6.08 Å². The van der Waals surface area contributed by atoms with Crippen LogP contribution in [0.15, 0.2) is 36.4 Å². The summed E-state index contributed by atoms with van der Waals surface area (Å²) in [4.78, 5) is 11.6. The normalized spacial score (nSPS) is 28.3. The Morgan fingerprint density at radius 2 is 1.48 bits per heavy atom. The average molecular weight is 410 g/mol. The first-order chi connectivity index (χ1) is 13.8. The van der Waals surface area contributed by atoms with Crippen molar-refractivity contribution in [1.82, 2.24) is 0 Å². The van der Waals surface area contributed by atoms with E-state index in [0.717, 1.165) is 56.9 Å². The topological polar surface area (TPSA) is 35.5 Å². The zero-order valence-corrected chi connectivity index (χ0v) is 16.8. The summed E-state index contributed by atoms with van der Waals surface area (Å²) in [7, 11) is 0. The number of rotatable bonds is 5. The van der Waals surface area contributed by atoms with Crippen LogP contribution in [0.3, 0.4) is 0 Å². The van der Waals surface area contributed by atoms with Gasteiger partial charge < -0.3 is 9.47 Å². The molecule has 1 aromatic carbocycles. The number of esters is 1. The predicted molar refractivity (Wildman–Crippen MR) is 104 cm³/mol. The van der Waals surface area contributed by atoms with E-state index < -0.39 is 6.36 Å². The summed E-state index contributed by atoms with van der Waals surface area (Å²) in [5.74, 6) is 1.38. The van der Waals surface area contributed by atoms with Gasteiger partial charge in [-0.25, -0.2) is 4.79 Å². The van der Waals surface area contributed by atoms with Gasteiger partial charge in [-0.1, -0.05) is 18.2 Å². The summed E-state index contributed by atoms with van der Waals surface area (Å²) in [6.45, 7) is 1.80. The van der Waals surface area contributed by atoms with Crippen LogP contribution < -0.4 is 4.74 Å². The Balaban J connectivity index is 1.43. The second-order valence-electron chi connectivity index (χ2n) is 8.20. The Morgan fingerprint density at radius 1 is 0.931 bits per heavy atom. The van der Waals surface area contributed by atoms with Crippen molar-refractivity contribution in [3.8, 4) is 5.75 Å². The van der Waals surface area contributed by atoms with Gasteiger partial charge >= 0.3 is 12.3 Å². The third kappa shape index (κ3) is 6.51. The molecule has 0 unspecified atom stereocenters. The number of carbonyl (C=O) groups is 1. The minimum Gasteiger partial charge on any atom is -0.459 e. The summed E-state index contributed by atoms with van der Waals surface area (Å²) in [5.41, 5.74) is 1.09. The Morgan fingerprint density at radius 3 is 2.00 bits per heavy atom. The third-order valence-electron chi connectivity index (χ3n) is 6.33. The van der Waals surface area contributed by atoms with Gasteiger partial charge in [0.15, 0.2) is 0 Å². The molecule has 3 nitrogen and oxygen atoms in total. The fourth-order valence-corrected chi connectivity index (χ4v) is 4.88. The monoisotopic (exact) mass is 410 g/mol. The van der Waals surface area contributed by atoms with Crippen molar-refractivity contribution >= 4 is 5.97 Å². The Kier molecular flexibility index (Phi) is 7.25. The molecule has 0 radical (unpaired) electrons. The van der Waals surface area contributed by atoms with Gasteiger partial charge in [0.25, 0.3) is 0 Å². The lowest BCUT2D eigenvalue weighted by atomic mass is 9.69. The fraction of sp³-hybridized carbons (Fsp3) is 0.609. The third-order valence-corrected chi connectivity index (χ3v) is 6.33. The van der Waals surface area contributed by atoms with E-state index in [0.29, 0.717) is 17.8 Å². The van der Waals surface area contributed by atoms with Crippen LogP contribution in [0, 0.1) is 11.8 Å². The molecular formula is C23H29F3O3. The zero-order valence-electron chi connectivity index (χ0n) is 16.8. The fourth-order valence-electron chi connectivity index (χ4n) is 4.88. The highest BCUT2D eigenvalue weighted by atomic mass is 19.4. The number of hydrogen-bond acceptors (Lipinski definition) is 3. The van der Waals surface area contributed by atoms with Crippen molar-refractivity contribution < 1.29 is 27.4 Å². The molecule has 160 valence electrons. The smallest absolute Gasteiger partial charge is 0.459 e. The number of hydrogen-bond donors (Lipinski definition) is 0. The quantitative estimate of drug-likeness (QED) is 0.409. The van der Waals surface area contributed by atoms with E-state index in [4.69, 9.17) is 4.74 Å². The number of halogens is 3. The van der Waals surface area contributed by atoms with Crippen LogP contribution in [-0.4, -0.2) is 18.4 Å². The van der Waals surface area contributed by atoms with Gasteiger partial charge in [0.2, 0.25) is 0 Å². The highest BCUT2D eigenvalue weighted by Gasteiger charge is 2.33. The van der Waals surface area contributed by atoms with Gasteiger partial charge in [0.05, 0.1) is 0 Å². The zero-order chi connectivity index (χ0) is 20.9. The maximum absolute atomic E-state index is 12.3. The first-order valence-electron chi connectivity index (χ1n) is 10.5. The van der Waals surface area contributed by atoms with Crippen LogP contribution >= 0.6 is 0 Å². The molecule has 0 aliphatic heterocycles. The summed E-state index contributed by atoms with van der Waals surface area (Å²) >= 11 is 0. The molecule has 29 heavy (non-hydrogen) atoms. The van der Waals surface area contributed by atoms with Crippen molar-refractivity contribution in [2.45, 2.75) is 76.7 Å². The Labute approximate surface area is 170 Å². The van der Waals surface area contributed by atoms with Crippen LogP contribution in [0.5, 0.6) is 5.75 Å². The second-order valence-corrected chi connectivity index (χ2v) is 8.20. The summed E-state index contributed by atoms with van der Waals surface area (Å²) in [5, 5.41) is 0. The van der Waals surface area contributed by atoms with Crippen molar-refractivity contribution in [1.29, 1.82) is 0 Å². The number of carbonyl (C=O) groups excluding carboxylic acids is 1. The first kappa shape index (κ1) is 21.7. The van der Waals surface area contributed by atoms with Crippen molar-refractivity contribution in [3.63, 3.8) is 0 Å². The van der Waals surface area contributed by atoms with Gasteiger partial charge in [-0.3, -0.25) is 0 Å². The molecule has 0 heterocycles. The number of benzene rings is 1. The molecule has 0 bridgehead atoms. The molecule has 2 aliphatic carbocycles. The predicted octanol–water partition coefficient (Wildman–Crippen LogP) is 6.54. The minimum absolute atomic E-state index is 0.0451. The molecule has 2 aliphatic rings. The van der Waals surface area contributed by atoms with Crippen LogP contribution in [0.25, 0.3) is 0 Å². The van der Waals surface area contributed by atoms with Crippen LogP contribution in [0.4, 0.5) is 13.2 Å². The van der Waals surface area contributed by atoms with E-state index in [9.17, 15) is 18.0 Å². The van der Waals surface area contributed by atoms with Crippen molar-refractivity contribution in [3.05, 3.63) is 42.0 Å². The van der Waals surface area contributed by atoms with Gasteiger partial charge in [0.1, 0.15) is 11.9 Å². The molecule has 0 atom stereocenters. The molecule has 0 aromatic heterocycles. The molecule has 0 amide bonds. The van der Waals surface area contributed by atoms with E-state index in [2.05, 4.69) is 4.74 Å². The molecule has 2 saturated carbocycles. The molecule has 3 rings (SSSR count). The molecular weight excluding hydrogens is 381 g/mol. The molecule has 0 N–H and O–H groups in total. The van der Waals surface area contributed by atoms with Crippen molar-refractivity contribution in [2.75, 3.05) is 0 Å². The van der Waals surface area contributed by atoms with E-state index in [1.807, 2.05) is 0 Å². The lowest BCUT2D eigenvalue weighted by Crippen LogP contribution is -2.29. The Hall–Kier alpha value is -1.98. The number of allylic oxidation sites excluding steroid dienone is 1. The summed E-state index contributed by atoms with van der Waals surface area (Å²) in [6.07, 6.45) is 7.09. The minimum atomic E-state index is -4.65. The SMILES string of the molecule is C/C=C/C(=O)OC1CCC(C2CCC(c3ccc(OC(F)(F)F)cc3)CC2)CC1. The summed E-state index contributed by atoms with van der Waals surface area (Å²) in [6, 6.07) is 6.34. The average Bonchev–Trinajstić information content (AvgIpc) is 2.68. The number of alkyl halides is 3. The van der Waals surface area contributed by atoms with Gasteiger partial charge in [-0.05, 0) is 93.7 Å². The van der Waals surface area contributed by atoms with E-state index in [1.165, 1.54) is 18.2 Å². The van der Waals surface area contributed by atoms with E-state index >= 15 is 0 Å². The lowest BCUT2D eigenvalue weighted by Gasteiger charge is -2.37. The largest absolute Gasteiger partial charge is 0.573 e. The Bertz CT molecular complexity index is 680. The summed E-state index contributed by atoms with van der Waals surface area (Å²) < 4.78 is 46.3. The van der Waals surface area contributed by atoms with Crippen molar-refractivity contribution in [2.24, 2.45) is 11.8 Å². The highest BCUT2D eigenvalue weighted by Crippen LogP contribution is 2.43. The van der Waals surface area contributed by atoms with E-state index in [1.54, 1.807) is 25.1 Å². The van der Waals surface area contributed by atoms with Gasteiger partial charge in [-0.2, -0.15) is 0 Å². The molecule has 2 fully saturated rings. The van der Waals surface area contributed by atoms with E-state index in [-0.39, 0.29) is 17.8 Å². The molecule has 1 aromatic rings. The standard InChI is InChI=1S/C23H29F3O3/c1-2-3-22(27)28-20-12-8-18(9-13-20)16-4-6-17(7-5-16)19-10-14-21(15-11-19)29-23(24,25)26/h2-3,10-11,14-18,20H,4-9,12-13H2,1H3/b3-2+. The second kappa shape index (κ2) is 9.68. The van der Waals surface area contributed by atoms with Crippen LogP contribution in [-0.2, 0) is 9.53 Å². The number of ether oxygens (including phenoxy) is 2. The van der Waals surface area contributed by atoms with Crippen LogP contribution in [0.1, 0.15) is 69.8 Å². The molecule has 6 heteroatoms. The lowest BCUT2D eigenvalue weighted by molar-refractivity contribution is -0.274. The molecule has 0 spiro atoms. The van der Waals surface area contributed by atoms with Gasteiger partial charge in [-0.15, -0.1) is 13.2 Å². The molecule has 0 saturated heterocycles. The van der Waals surface area contributed by atoms with Crippen LogP contribution in [0.2, 0.25) is 0 Å². The maximum Gasteiger partial charge on any atom is 0.573 e. The maximum atomic E-state index is 12.3. The first-order valence-corrected chi connectivity index (χ1v) is 10.5.